The van der Waals surface area contributed by atoms with Crippen LogP contribution in [0.5, 0.6) is 5.75 Å². The Morgan fingerprint density at radius 1 is 1.24 bits per heavy atom. The third-order valence-electron chi connectivity index (χ3n) is 3.31. The van der Waals surface area contributed by atoms with Gasteiger partial charge in [0.2, 0.25) is 5.91 Å². The van der Waals surface area contributed by atoms with Gasteiger partial charge in [0, 0.05) is 5.69 Å². The zero-order valence-corrected chi connectivity index (χ0v) is 12.3. The van der Waals surface area contributed by atoms with E-state index in [2.05, 4.69) is 5.32 Å². The second kappa shape index (κ2) is 6.79. The zero-order valence-electron chi connectivity index (χ0n) is 12.3. The summed E-state index contributed by atoms with van der Waals surface area (Å²) in [4.78, 5) is 12.1. The average molecular weight is 284 g/mol. The summed E-state index contributed by atoms with van der Waals surface area (Å²) in [5.41, 5.74) is 8.40. The van der Waals surface area contributed by atoms with Gasteiger partial charge in [0.25, 0.3) is 0 Å². The lowest BCUT2D eigenvalue weighted by Crippen LogP contribution is -2.28. The van der Waals surface area contributed by atoms with Crippen LogP contribution in [0.2, 0.25) is 0 Å². The Bertz CT molecular complexity index is 608. The molecule has 4 heteroatoms. The summed E-state index contributed by atoms with van der Waals surface area (Å²) in [5, 5.41) is 2.97. The molecule has 0 spiro atoms. The van der Waals surface area contributed by atoms with Crippen molar-refractivity contribution in [2.75, 3.05) is 12.8 Å². The maximum Gasteiger partial charge on any atom is 0.224 e. The third-order valence-corrected chi connectivity index (χ3v) is 3.31. The molecule has 0 aliphatic heterocycles. The normalized spacial score (nSPS) is 11.7. The van der Waals surface area contributed by atoms with Gasteiger partial charge in [0.1, 0.15) is 5.75 Å². The molecule has 0 radical (unpaired) electrons. The Hall–Kier alpha value is -2.49. The van der Waals surface area contributed by atoms with Crippen LogP contribution in [0.1, 0.15) is 24.1 Å². The van der Waals surface area contributed by atoms with Gasteiger partial charge in [0.05, 0.1) is 19.6 Å². The number of methoxy groups -OCH3 is 1. The van der Waals surface area contributed by atoms with Gasteiger partial charge >= 0.3 is 0 Å². The molecule has 1 amide bonds. The van der Waals surface area contributed by atoms with Gasteiger partial charge in [-0.3, -0.25) is 4.79 Å². The fourth-order valence-corrected chi connectivity index (χ4v) is 2.13. The van der Waals surface area contributed by atoms with E-state index in [1.54, 1.807) is 7.11 Å². The SMILES string of the molecule is COc1ccc(CC(=O)NC(C)c2cccc(N)c2)cc1. The van der Waals surface area contributed by atoms with Gasteiger partial charge in [-0.25, -0.2) is 0 Å². The summed E-state index contributed by atoms with van der Waals surface area (Å²) in [6.07, 6.45) is 0.344. The monoisotopic (exact) mass is 284 g/mol. The molecule has 3 N–H and O–H groups in total. The van der Waals surface area contributed by atoms with Crippen LogP contribution in [0.4, 0.5) is 5.69 Å². The van der Waals surface area contributed by atoms with E-state index < -0.39 is 0 Å². The molecule has 0 aliphatic rings. The molecule has 0 saturated carbocycles. The Kier molecular flexibility index (Phi) is 4.82. The minimum Gasteiger partial charge on any atom is -0.497 e. The highest BCUT2D eigenvalue weighted by atomic mass is 16.5. The molecule has 21 heavy (non-hydrogen) atoms. The second-order valence-electron chi connectivity index (χ2n) is 4.98. The Morgan fingerprint density at radius 3 is 2.57 bits per heavy atom. The van der Waals surface area contributed by atoms with E-state index in [0.29, 0.717) is 12.1 Å². The van der Waals surface area contributed by atoms with Crippen molar-refractivity contribution in [3.8, 4) is 5.75 Å². The lowest BCUT2D eigenvalue weighted by molar-refractivity contribution is -0.121. The van der Waals surface area contributed by atoms with Gasteiger partial charge < -0.3 is 15.8 Å². The maximum atomic E-state index is 12.1. The van der Waals surface area contributed by atoms with E-state index in [-0.39, 0.29) is 11.9 Å². The Balaban J connectivity index is 1.94. The van der Waals surface area contributed by atoms with E-state index in [1.165, 1.54) is 0 Å². The van der Waals surface area contributed by atoms with Crippen molar-refractivity contribution >= 4 is 11.6 Å². The summed E-state index contributed by atoms with van der Waals surface area (Å²) in [6, 6.07) is 15.0. The van der Waals surface area contributed by atoms with Crippen LogP contribution in [-0.4, -0.2) is 13.0 Å². The van der Waals surface area contributed by atoms with E-state index in [0.717, 1.165) is 16.9 Å². The van der Waals surface area contributed by atoms with Gasteiger partial charge in [-0.05, 0) is 42.3 Å². The third kappa shape index (κ3) is 4.24. The summed E-state index contributed by atoms with van der Waals surface area (Å²) in [7, 11) is 1.62. The molecular formula is C17H20N2O2. The van der Waals surface area contributed by atoms with E-state index >= 15 is 0 Å². The lowest BCUT2D eigenvalue weighted by atomic mass is 10.1. The molecule has 2 aromatic rings. The van der Waals surface area contributed by atoms with Gasteiger partial charge in [-0.2, -0.15) is 0 Å². The first-order valence-corrected chi connectivity index (χ1v) is 6.86. The molecule has 1 unspecified atom stereocenters. The van der Waals surface area contributed by atoms with Crippen molar-refractivity contribution in [3.05, 3.63) is 59.7 Å². The summed E-state index contributed by atoms with van der Waals surface area (Å²) < 4.78 is 5.10. The maximum absolute atomic E-state index is 12.1. The largest absolute Gasteiger partial charge is 0.497 e. The molecule has 0 aromatic heterocycles. The van der Waals surface area contributed by atoms with Crippen molar-refractivity contribution in [1.82, 2.24) is 5.32 Å². The minimum atomic E-state index is -0.0701. The smallest absolute Gasteiger partial charge is 0.224 e. The average Bonchev–Trinajstić information content (AvgIpc) is 2.48. The topological polar surface area (TPSA) is 64.3 Å². The van der Waals surface area contributed by atoms with Crippen LogP contribution >= 0.6 is 0 Å². The van der Waals surface area contributed by atoms with Crippen LogP contribution in [0.3, 0.4) is 0 Å². The predicted molar refractivity (Wildman–Crippen MR) is 84.1 cm³/mol. The van der Waals surface area contributed by atoms with Crippen molar-refractivity contribution in [3.63, 3.8) is 0 Å². The molecule has 110 valence electrons. The highest BCUT2D eigenvalue weighted by Gasteiger charge is 2.10. The zero-order chi connectivity index (χ0) is 15.2. The van der Waals surface area contributed by atoms with E-state index in [4.69, 9.17) is 10.5 Å². The second-order valence-corrected chi connectivity index (χ2v) is 4.98. The molecule has 2 rings (SSSR count). The van der Waals surface area contributed by atoms with Crippen LogP contribution in [0.15, 0.2) is 48.5 Å². The predicted octanol–water partition coefficient (Wildman–Crippen LogP) is 2.70. The van der Waals surface area contributed by atoms with Crippen molar-refractivity contribution in [2.24, 2.45) is 0 Å². The summed E-state index contributed by atoms with van der Waals surface area (Å²) in [6.45, 7) is 1.95. The molecular weight excluding hydrogens is 264 g/mol. The van der Waals surface area contributed by atoms with Crippen molar-refractivity contribution < 1.29 is 9.53 Å². The van der Waals surface area contributed by atoms with E-state index in [1.807, 2.05) is 55.5 Å². The quantitative estimate of drug-likeness (QED) is 0.830. The first-order chi connectivity index (χ1) is 10.1. The molecule has 0 bridgehead atoms. The van der Waals surface area contributed by atoms with Crippen LogP contribution < -0.4 is 15.8 Å². The number of carbonyl (C=O) groups excluding carboxylic acids is 1. The molecule has 2 aromatic carbocycles. The first-order valence-electron chi connectivity index (χ1n) is 6.86. The van der Waals surface area contributed by atoms with Gasteiger partial charge in [0.15, 0.2) is 0 Å². The number of nitrogens with one attached hydrogen (secondary N) is 1. The number of anilines is 1. The Labute approximate surface area is 124 Å². The van der Waals surface area contributed by atoms with Gasteiger partial charge in [-0.1, -0.05) is 24.3 Å². The number of ether oxygens (including phenoxy) is 1. The molecule has 1 atom stereocenters. The molecule has 0 fully saturated rings. The first kappa shape index (κ1) is 14.9. The van der Waals surface area contributed by atoms with Crippen molar-refractivity contribution in [2.45, 2.75) is 19.4 Å². The number of carbonyl (C=O) groups is 1. The highest BCUT2D eigenvalue weighted by molar-refractivity contribution is 5.79. The van der Waals surface area contributed by atoms with Crippen LogP contribution in [0, 0.1) is 0 Å². The minimum absolute atomic E-state index is 0.0184. The summed E-state index contributed by atoms with van der Waals surface area (Å²) in [5.74, 6) is 0.766. The molecule has 0 aliphatic carbocycles. The van der Waals surface area contributed by atoms with Gasteiger partial charge in [-0.15, -0.1) is 0 Å². The number of nitrogen functional groups attached to an aromatic ring is 1. The standard InChI is InChI=1S/C17H20N2O2/c1-12(14-4-3-5-15(18)11-14)19-17(20)10-13-6-8-16(21-2)9-7-13/h3-9,11-12H,10,18H2,1-2H3,(H,19,20). The molecule has 4 nitrogen and oxygen atoms in total. The number of rotatable bonds is 5. The van der Waals surface area contributed by atoms with E-state index in [9.17, 15) is 4.79 Å². The fraction of sp³-hybridized carbons (Fsp3) is 0.235. The Morgan fingerprint density at radius 2 is 1.95 bits per heavy atom. The summed E-state index contributed by atoms with van der Waals surface area (Å²) >= 11 is 0. The fourth-order valence-electron chi connectivity index (χ4n) is 2.13. The lowest BCUT2D eigenvalue weighted by Gasteiger charge is -2.15. The number of benzene rings is 2. The highest BCUT2D eigenvalue weighted by Crippen LogP contribution is 2.16. The van der Waals surface area contributed by atoms with Crippen molar-refractivity contribution in [1.29, 1.82) is 0 Å². The van der Waals surface area contributed by atoms with Crippen LogP contribution in [-0.2, 0) is 11.2 Å². The molecule has 0 saturated heterocycles. The molecule has 0 heterocycles. The number of nitrogens with two attached hydrogens (primary N) is 1. The number of hydrogen-bond acceptors (Lipinski definition) is 3. The van der Waals surface area contributed by atoms with Crippen LogP contribution in [0.25, 0.3) is 0 Å². The number of amides is 1. The number of hydrogen-bond donors (Lipinski definition) is 2.